The summed E-state index contributed by atoms with van der Waals surface area (Å²) in [5, 5.41) is -1.94. The number of aromatic nitrogens is 2. The van der Waals surface area contributed by atoms with E-state index in [1.165, 1.54) is 11.7 Å². The molecule has 2 aromatic rings. The minimum Gasteiger partial charge on any atom is -0.380 e. The summed E-state index contributed by atoms with van der Waals surface area (Å²) in [7, 11) is 9.75. The normalized spacial score (nSPS) is 20.0. The fourth-order valence-corrected chi connectivity index (χ4v) is 4.56. The minimum atomic E-state index is -3.84. The summed E-state index contributed by atoms with van der Waals surface area (Å²) >= 11 is 4.91. The van der Waals surface area contributed by atoms with Crippen LogP contribution in [0.3, 0.4) is 0 Å². The molecule has 0 aliphatic carbocycles. The lowest BCUT2D eigenvalue weighted by Crippen LogP contribution is -2.48. The summed E-state index contributed by atoms with van der Waals surface area (Å²) in [5.41, 5.74) is 1.23. The highest BCUT2D eigenvalue weighted by Gasteiger charge is 2.55. The van der Waals surface area contributed by atoms with Gasteiger partial charge in [-0.25, -0.2) is 4.79 Å². The van der Waals surface area contributed by atoms with Gasteiger partial charge in [-0.15, -0.1) is 4.52 Å². The molecule has 150 valence electrons. The first-order valence-corrected chi connectivity index (χ1v) is 10.7. The van der Waals surface area contributed by atoms with Crippen LogP contribution in [0.1, 0.15) is 17.5 Å². The molecule has 0 saturated carbocycles. The first-order chi connectivity index (χ1) is 13.6. The van der Waals surface area contributed by atoms with E-state index in [1.54, 1.807) is 12.3 Å². The molecular formula is C17H20B2N2O6PS+. The van der Waals surface area contributed by atoms with Crippen molar-refractivity contribution in [1.29, 1.82) is 0 Å². The van der Waals surface area contributed by atoms with Gasteiger partial charge in [-0.3, -0.25) is 9.51 Å². The number of nitrogens with zero attached hydrogens (tertiary/aromatic N) is 1. The number of nitrogens with one attached hydrogen (secondary N) is 1. The van der Waals surface area contributed by atoms with E-state index >= 15 is 0 Å². The first-order valence-electron chi connectivity index (χ1n) is 8.79. The van der Waals surface area contributed by atoms with Crippen molar-refractivity contribution in [3.05, 3.63) is 56.7 Å². The maximum atomic E-state index is 11.9. The zero-order valence-electron chi connectivity index (χ0n) is 16.0. The van der Waals surface area contributed by atoms with Gasteiger partial charge in [0.2, 0.25) is 0 Å². The highest BCUT2D eigenvalue weighted by atomic mass is 32.1. The molecule has 1 aliphatic heterocycles. The Bertz CT molecular complexity index is 1000. The molecule has 8 nitrogen and oxygen atoms in total. The van der Waals surface area contributed by atoms with Gasteiger partial charge in [0, 0.05) is 25.4 Å². The number of fused-ring (bicyclic) bond motifs is 1. The van der Waals surface area contributed by atoms with Crippen LogP contribution in [0.25, 0.3) is 0 Å². The summed E-state index contributed by atoms with van der Waals surface area (Å²) < 4.78 is 23.6. The average molecular weight is 433 g/mol. The molecule has 2 heterocycles. The molecule has 0 bridgehead atoms. The van der Waals surface area contributed by atoms with Gasteiger partial charge in [-0.2, -0.15) is 9.42 Å². The number of aromatic amines is 1. The fourth-order valence-electron chi connectivity index (χ4n) is 2.96. The number of aryl methyl sites for hydroxylation is 2. The highest BCUT2D eigenvalue weighted by Crippen LogP contribution is 2.63. The van der Waals surface area contributed by atoms with Crippen LogP contribution in [0.15, 0.2) is 35.3 Å². The number of hydrogen-bond acceptors (Lipinski definition) is 7. The standard InChI is InChI=1S/C17H19B2N2O6PS/c1-11-4-3-5-12-10-25-28(23,26-15(11)12)27-17(18,19)13(24-2)6-8-21-9-7-14(29)20-16(21)22/h3-5,7,9,13,23H,6,8,10H2,1-2H3/p+1. The van der Waals surface area contributed by atoms with Crippen molar-refractivity contribution < 1.29 is 23.2 Å². The van der Waals surface area contributed by atoms with Crippen LogP contribution < -0.4 is 10.2 Å². The number of ether oxygens (including phenoxy) is 1. The van der Waals surface area contributed by atoms with Crippen LogP contribution in [0, 0.1) is 11.6 Å². The molecule has 0 amide bonds. The molecule has 3 rings (SSSR count). The van der Waals surface area contributed by atoms with Crippen LogP contribution in [0.2, 0.25) is 0 Å². The van der Waals surface area contributed by atoms with Crippen molar-refractivity contribution >= 4 is 36.1 Å². The number of hydrogen-bond donors (Lipinski definition) is 2. The Labute approximate surface area is 176 Å². The number of H-pyrrole nitrogens is 1. The maximum absolute atomic E-state index is 11.9. The molecule has 0 spiro atoms. The van der Waals surface area contributed by atoms with Crippen LogP contribution in [-0.2, 0) is 26.9 Å². The largest absolute Gasteiger partial charge is 0.618 e. The fraction of sp³-hybridized carbons (Fsp3) is 0.412. The van der Waals surface area contributed by atoms with Crippen molar-refractivity contribution in [2.75, 3.05) is 7.11 Å². The third kappa shape index (κ3) is 5.17. The van der Waals surface area contributed by atoms with Gasteiger partial charge in [-0.1, -0.05) is 30.4 Å². The molecule has 0 saturated heterocycles. The lowest BCUT2D eigenvalue weighted by atomic mass is 9.61. The molecule has 2 unspecified atom stereocenters. The second-order valence-electron chi connectivity index (χ2n) is 6.66. The summed E-state index contributed by atoms with van der Waals surface area (Å²) in [6.45, 7) is 2.16. The van der Waals surface area contributed by atoms with E-state index in [0.29, 0.717) is 10.4 Å². The summed E-state index contributed by atoms with van der Waals surface area (Å²) in [4.78, 5) is 25.2. The van der Waals surface area contributed by atoms with E-state index < -0.39 is 19.7 Å². The molecule has 2 N–H and O–H groups in total. The summed E-state index contributed by atoms with van der Waals surface area (Å²) in [6.07, 6.45) is 0.882. The quantitative estimate of drug-likeness (QED) is 0.392. The second-order valence-corrected chi connectivity index (χ2v) is 8.66. The third-order valence-corrected chi connectivity index (χ3v) is 6.13. The highest BCUT2D eigenvalue weighted by molar-refractivity contribution is 7.71. The average Bonchev–Trinajstić information content (AvgIpc) is 2.63. The first kappa shape index (κ1) is 22.2. The van der Waals surface area contributed by atoms with Gasteiger partial charge in [0.1, 0.15) is 26.9 Å². The molecule has 0 fully saturated rings. The predicted molar refractivity (Wildman–Crippen MR) is 112 cm³/mol. The maximum Gasteiger partial charge on any atom is 0.618 e. The van der Waals surface area contributed by atoms with Crippen LogP contribution >= 0.6 is 20.4 Å². The van der Waals surface area contributed by atoms with Crippen LogP contribution in [0.5, 0.6) is 5.75 Å². The van der Waals surface area contributed by atoms with Crippen molar-refractivity contribution in [2.24, 2.45) is 0 Å². The predicted octanol–water partition coefficient (Wildman–Crippen LogP) is 1.91. The van der Waals surface area contributed by atoms with Gasteiger partial charge >= 0.3 is 13.9 Å². The van der Waals surface area contributed by atoms with Gasteiger partial charge in [0.15, 0.2) is 5.75 Å². The number of para-hydroxylation sites is 1. The molecule has 12 heteroatoms. The Morgan fingerprint density at radius 1 is 1.45 bits per heavy atom. The SMILES string of the molecule is [B]C([B])(O[P+]1(O)OCc2cccc(C)c2O1)C(CCn1ccc(=S)[nH]c1=O)OC. The zero-order valence-corrected chi connectivity index (χ0v) is 17.7. The lowest BCUT2D eigenvalue weighted by molar-refractivity contribution is -0.0179. The molecule has 29 heavy (non-hydrogen) atoms. The van der Waals surface area contributed by atoms with E-state index in [4.69, 9.17) is 46.2 Å². The molecule has 1 aromatic carbocycles. The van der Waals surface area contributed by atoms with Crippen molar-refractivity contribution in [1.82, 2.24) is 9.55 Å². The summed E-state index contributed by atoms with van der Waals surface area (Å²) in [6, 6.07) is 7.11. The van der Waals surface area contributed by atoms with Crippen LogP contribution in [0.4, 0.5) is 0 Å². The molecule has 2 atom stereocenters. The molecule has 1 aliphatic rings. The topological polar surface area (TPSA) is 94.9 Å². The lowest BCUT2D eigenvalue weighted by Gasteiger charge is -2.35. The van der Waals surface area contributed by atoms with Gasteiger partial charge in [0.25, 0.3) is 0 Å². The number of methoxy groups -OCH3 is 1. The van der Waals surface area contributed by atoms with E-state index in [9.17, 15) is 9.69 Å². The molecular weight excluding hydrogens is 413 g/mol. The number of rotatable bonds is 7. The Morgan fingerprint density at radius 3 is 2.90 bits per heavy atom. The Morgan fingerprint density at radius 2 is 2.21 bits per heavy atom. The van der Waals surface area contributed by atoms with E-state index in [-0.39, 0.29) is 25.3 Å². The van der Waals surface area contributed by atoms with Crippen molar-refractivity contribution in [3.63, 3.8) is 0 Å². The third-order valence-electron chi connectivity index (χ3n) is 4.47. The van der Waals surface area contributed by atoms with E-state index in [0.717, 1.165) is 11.1 Å². The van der Waals surface area contributed by atoms with Gasteiger partial charge < -0.3 is 9.30 Å². The minimum absolute atomic E-state index is 0.0909. The second kappa shape index (κ2) is 8.71. The van der Waals surface area contributed by atoms with Crippen LogP contribution in [-0.4, -0.2) is 48.8 Å². The van der Waals surface area contributed by atoms with Gasteiger partial charge in [0.05, 0.1) is 11.5 Å². The Hall–Kier alpha value is -1.48. The van der Waals surface area contributed by atoms with E-state index in [1.807, 2.05) is 25.1 Å². The monoisotopic (exact) mass is 433 g/mol. The Kier molecular flexibility index (Phi) is 6.67. The van der Waals surface area contributed by atoms with Crippen molar-refractivity contribution in [2.45, 2.75) is 38.0 Å². The Balaban J connectivity index is 1.72. The smallest absolute Gasteiger partial charge is 0.380 e. The molecule has 4 radical (unpaired) electrons. The van der Waals surface area contributed by atoms with Gasteiger partial charge in [-0.05, 0) is 25.0 Å². The van der Waals surface area contributed by atoms with Crippen molar-refractivity contribution in [3.8, 4) is 5.75 Å². The number of benzene rings is 1. The molecule has 1 aromatic heterocycles. The summed E-state index contributed by atoms with van der Waals surface area (Å²) in [5.74, 6) is 0.477. The van der Waals surface area contributed by atoms with E-state index in [2.05, 4.69) is 4.98 Å². The zero-order chi connectivity index (χ0) is 21.2.